The van der Waals surface area contributed by atoms with Crippen molar-refractivity contribution >= 4 is 34.7 Å². The number of aromatic nitrogens is 14. The first-order valence-electron chi connectivity index (χ1n) is 48.2. The molecule has 149 heavy (non-hydrogen) atoms. The normalized spacial score (nSPS) is 10.6. The Morgan fingerprint density at radius 1 is 0.242 bits per heavy atom. The van der Waals surface area contributed by atoms with Crippen LogP contribution in [0.5, 0.6) is 40.2 Å². The number of hydrogen-bond donors (Lipinski definition) is 0. The number of benzene rings is 11. The molecule has 0 bridgehead atoms. The second-order valence-corrected chi connectivity index (χ2v) is 35.3. The fourth-order valence-corrected chi connectivity index (χ4v) is 16.6. The van der Waals surface area contributed by atoms with E-state index in [4.69, 9.17) is 33.2 Å². The van der Waals surface area contributed by atoms with Gasteiger partial charge >= 0.3 is 0 Å². The van der Waals surface area contributed by atoms with Crippen molar-refractivity contribution < 1.29 is 61.9 Å². The molecule has 0 amide bonds. The molecule has 19 aromatic rings. The molecule has 0 fully saturated rings. The lowest BCUT2D eigenvalue weighted by Crippen LogP contribution is -2.09. The fraction of sp³-hybridized carbons (Fsp3) is 0.180. The van der Waals surface area contributed by atoms with E-state index >= 15 is 0 Å². The first kappa shape index (κ1) is 106. The molecule has 0 aliphatic heterocycles. The average Bonchev–Trinajstić information content (AvgIpc) is 1.80. The maximum absolute atomic E-state index is 13.3. The van der Waals surface area contributed by atoms with E-state index in [2.05, 4.69) is 40.6 Å². The Kier molecular flexibility index (Phi) is 37.3. The molecule has 0 saturated heterocycles. The lowest BCUT2D eigenvalue weighted by Gasteiger charge is -2.14. The fourth-order valence-electron chi connectivity index (χ4n) is 16.6. The maximum atomic E-state index is 13.3. The van der Waals surface area contributed by atoms with Crippen molar-refractivity contribution in [3.8, 4) is 107 Å². The zero-order valence-electron chi connectivity index (χ0n) is 85.9. The SMILES string of the molecule is COc1cc(-c2cnn(C)c2)ccc1C(=O)CCc1ccccc1.COc1cc(-c2cnn(C)c2)ccc1C(=O)Cc1ccccc1.COc1cc(-c2cnn(C)c2)ccc1C(=O)Cc1cccnc1.COc1cc(-c2cnn(C)c2)ccc1C(=O)Cc1ccncc1.COc1ccc(CC(=O)c2ccc(-c3cnn(C)c3)cc2OC)cc1.Cc1cccc(C)c1CC(=O)c1ccc(-c2cnn(C)c2)cc1OCc1ccccc1. The van der Waals surface area contributed by atoms with Crippen molar-refractivity contribution in [1.29, 1.82) is 0 Å². The molecular formula is C122H118N14O13. The summed E-state index contributed by atoms with van der Waals surface area (Å²) in [4.78, 5) is 84.1. The van der Waals surface area contributed by atoms with Gasteiger partial charge in [-0.25, -0.2) is 0 Å². The summed E-state index contributed by atoms with van der Waals surface area (Å²) in [5, 5.41) is 25.1. The van der Waals surface area contributed by atoms with Gasteiger partial charge in [0.25, 0.3) is 0 Å². The van der Waals surface area contributed by atoms with E-state index in [-0.39, 0.29) is 34.7 Å². The molecule has 0 aliphatic rings. The third-order valence-electron chi connectivity index (χ3n) is 24.7. The number of ketones is 6. The maximum Gasteiger partial charge on any atom is 0.171 e. The molecule has 754 valence electrons. The minimum Gasteiger partial charge on any atom is -0.497 e. The zero-order valence-corrected chi connectivity index (χ0v) is 85.9. The van der Waals surface area contributed by atoms with Crippen LogP contribution in [0.2, 0.25) is 0 Å². The molecule has 0 aliphatic carbocycles. The van der Waals surface area contributed by atoms with Crippen LogP contribution in [-0.2, 0) is 87.4 Å². The highest BCUT2D eigenvalue weighted by atomic mass is 16.5. The van der Waals surface area contributed by atoms with E-state index in [0.717, 1.165) is 129 Å². The van der Waals surface area contributed by atoms with Gasteiger partial charge in [-0.1, -0.05) is 164 Å². The quantitative estimate of drug-likeness (QED) is 0.0338. The van der Waals surface area contributed by atoms with Gasteiger partial charge in [-0.05, 0) is 207 Å². The van der Waals surface area contributed by atoms with Gasteiger partial charge in [-0.3, -0.25) is 66.8 Å². The summed E-state index contributed by atoms with van der Waals surface area (Å²) < 4.78 is 48.9. The van der Waals surface area contributed by atoms with E-state index in [1.807, 2.05) is 360 Å². The second-order valence-electron chi connectivity index (χ2n) is 35.3. The lowest BCUT2D eigenvalue weighted by atomic mass is 9.94. The van der Waals surface area contributed by atoms with Gasteiger partial charge in [-0.15, -0.1) is 0 Å². The van der Waals surface area contributed by atoms with E-state index < -0.39 is 0 Å². The third-order valence-corrected chi connectivity index (χ3v) is 24.7. The van der Waals surface area contributed by atoms with Gasteiger partial charge in [0, 0.05) is 176 Å². The molecule has 0 saturated carbocycles. The van der Waals surface area contributed by atoms with Crippen molar-refractivity contribution in [2.45, 2.75) is 65.4 Å². The molecule has 8 aromatic heterocycles. The van der Waals surface area contributed by atoms with Crippen LogP contribution in [-0.4, -0.2) is 146 Å². The van der Waals surface area contributed by atoms with Crippen LogP contribution in [0, 0.1) is 13.8 Å². The average molecular weight is 1990 g/mol. The van der Waals surface area contributed by atoms with Crippen molar-refractivity contribution in [2.24, 2.45) is 42.3 Å². The zero-order chi connectivity index (χ0) is 105. The smallest absolute Gasteiger partial charge is 0.171 e. The molecule has 0 radical (unpaired) electrons. The molecule has 0 atom stereocenters. The highest BCUT2D eigenvalue weighted by Crippen LogP contribution is 2.37. The molecule has 0 spiro atoms. The first-order valence-corrected chi connectivity index (χ1v) is 48.2. The van der Waals surface area contributed by atoms with E-state index in [0.29, 0.717) is 113 Å². The number of ether oxygens (including phenoxy) is 7. The van der Waals surface area contributed by atoms with Gasteiger partial charge in [0.1, 0.15) is 46.9 Å². The highest BCUT2D eigenvalue weighted by Gasteiger charge is 2.24. The van der Waals surface area contributed by atoms with Crippen molar-refractivity contribution in [3.63, 3.8) is 0 Å². The standard InChI is InChI=1S/C27H26N2O2.C20H20N2O3.C20H20N2O2.C19H18N2O2.2C18H17N3O2/c1-19-8-7-9-20(2)25(19)15-26(30)24-13-12-22(23-16-28-29(3)17-23)14-27(24)31-18-21-10-5-4-6-11-21;1-22-13-16(12-21-22)15-6-9-18(20(11-15)25-3)19(23)10-14-4-7-17(24-2)8-5-14;1-22-14-17(13-21-22)16-9-10-18(20(12-16)24-2)19(23)11-8-15-6-4-3-5-7-15;1-21-13-16(12-20-21)15-8-9-17(19(11-15)23-2)18(22)10-14-6-4-3-5-7-14;1-21-12-15(11-20-21)14-3-4-16(18(10-14)23-2)17(22)9-13-5-7-19-8-6-13;1-21-12-15(11-20-21)14-5-6-16(18(9-14)23-2)17(22)8-13-4-3-7-19-10-13/h4-14,16-17H,15,18H2,1-3H3;4-9,11-13H,10H2,1-3H3;3-7,9-10,12-14H,8,11H2,1-2H3;3-9,11-13H,10H2,1-2H3;3-8,10-12H,9H2,1-2H3;3-7,9-12H,8H2,1-2H3. The molecule has 27 nitrogen and oxygen atoms in total. The first-order chi connectivity index (χ1) is 72.3. The molecule has 11 aromatic carbocycles. The Balaban J connectivity index is 0.000000141. The van der Waals surface area contributed by atoms with Crippen LogP contribution in [0.25, 0.3) is 66.8 Å². The van der Waals surface area contributed by atoms with E-state index in [9.17, 15) is 28.8 Å². The molecular weight excluding hydrogens is 1870 g/mol. The summed E-state index contributed by atoms with van der Waals surface area (Å²) >= 11 is 0. The van der Waals surface area contributed by atoms with Crippen LogP contribution in [0.4, 0.5) is 0 Å². The van der Waals surface area contributed by atoms with Crippen LogP contribution in [0.3, 0.4) is 0 Å². The Hall–Kier alpha value is -18.4. The number of hydrogen-bond acceptors (Lipinski definition) is 21. The van der Waals surface area contributed by atoms with Gasteiger partial charge < -0.3 is 33.2 Å². The summed E-state index contributed by atoms with van der Waals surface area (Å²) in [5.41, 5.74) is 24.6. The van der Waals surface area contributed by atoms with Crippen molar-refractivity contribution in [2.75, 3.05) is 42.7 Å². The van der Waals surface area contributed by atoms with Crippen LogP contribution in [0.1, 0.15) is 119 Å². The number of carbonyl (C=O) groups is 6. The molecule has 27 heteroatoms. The largest absolute Gasteiger partial charge is 0.497 e. The Bertz CT molecular complexity index is 7390. The van der Waals surface area contributed by atoms with Crippen LogP contribution >= 0.6 is 0 Å². The number of rotatable bonds is 34. The van der Waals surface area contributed by atoms with Gasteiger partial charge in [-0.2, -0.15) is 30.6 Å². The van der Waals surface area contributed by atoms with E-state index in [1.165, 1.54) is 0 Å². The number of nitrogens with zero attached hydrogens (tertiary/aromatic N) is 14. The monoisotopic (exact) mass is 1990 g/mol. The number of aryl methyl sites for hydroxylation is 9. The summed E-state index contributed by atoms with van der Waals surface area (Å²) in [6.45, 7) is 4.50. The van der Waals surface area contributed by atoms with Gasteiger partial charge in [0.2, 0.25) is 0 Å². The Morgan fingerprint density at radius 3 is 0.846 bits per heavy atom. The molecule has 19 rings (SSSR count). The molecule has 0 N–H and O–H groups in total. The number of methoxy groups -OCH3 is 6. The Morgan fingerprint density at radius 2 is 0.530 bits per heavy atom. The highest BCUT2D eigenvalue weighted by molar-refractivity contribution is 6.04. The summed E-state index contributed by atoms with van der Waals surface area (Å²) in [7, 11) is 20.8. The predicted molar refractivity (Wildman–Crippen MR) is 578 cm³/mol. The Labute approximate surface area is 867 Å². The van der Waals surface area contributed by atoms with Crippen molar-refractivity contribution in [1.82, 2.24) is 68.7 Å². The van der Waals surface area contributed by atoms with Crippen molar-refractivity contribution in [3.05, 3.63) is 450 Å². The molecule has 0 unspecified atom stereocenters. The topological polar surface area (TPSA) is 300 Å². The molecule has 8 heterocycles. The van der Waals surface area contributed by atoms with Crippen LogP contribution in [0.15, 0.2) is 366 Å². The number of Topliss-reactive ketones (excluding diaryl/α,β-unsaturated/α-hetero) is 6. The third kappa shape index (κ3) is 29.5. The number of pyridine rings is 2. The summed E-state index contributed by atoms with van der Waals surface area (Å²) in [6.07, 6.45) is 32.0. The summed E-state index contributed by atoms with van der Waals surface area (Å²) in [5.74, 6) is 4.51. The predicted octanol–water partition coefficient (Wildman–Crippen LogP) is 22.5. The second kappa shape index (κ2) is 52.2. The van der Waals surface area contributed by atoms with Crippen LogP contribution < -0.4 is 33.2 Å². The summed E-state index contributed by atoms with van der Waals surface area (Å²) in [6, 6.07) is 84.6. The minimum absolute atomic E-state index is 0.00702. The van der Waals surface area contributed by atoms with E-state index in [1.54, 1.807) is 133 Å². The lowest BCUT2D eigenvalue weighted by molar-refractivity contribution is 0.0973. The van der Waals surface area contributed by atoms with Gasteiger partial charge in [0.15, 0.2) is 34.7 Å². The minimum atomic E-state index is 0.00702. The number of carbonyl (C=O) groups excluding carboxylic acids is 6. The van der Waals surface area contributed by atoms with Gasteiger partial charge in [0.05, 0.1) is 113 Å².